The number of thiazole rings is 1. The van der Waals surface area contributed by atoms with Crippen LogP contribution in [-0.2, 0) is 14.0 Å². The van der Waals surface area contributed by atoms with Gasteiger partial charge in [-0.3, -0.25) is 4.79 Å². The molecule has 0 spiro atoms. The standard InChI is InChI=1S/C31H54FNO6SSi/c1-20(16-25-19-40-23(4)33-25)26(39-41(10,11)30(5,6)7)13-12-24(32)18-38-17-21(2)28(36)22(3)29(37)31(8,9)27(35)14-15-34/h12,16,19,21-22,26-28,34-36H,13-15,17-18H2,1-11H3/b20-16+,24-12+/t21-,22+,26?,27-,28-/m0/s1. The van der Waals surface area contributed by atoms with Gasteiger partial charge in [-0.25, -0.2) is 9.37 Å². The van der Waals surface area contributed by atoms with E-state index in [1.807, 2.05) is 25.3 Å². The van der Waals surface area contributed by atoms with Crippen LogP contribution in [-0.4, -0.2) is 72.5 Å². The molecule has 0 saturated heterocycles. The zero-order valence-corrected chi connectivity index (χ0v) is 28.8. The predicted octanol–water partition coefficient (Wildman–Crippen LogP) is 6.48. The first-order chi connectivity index (χ1) is 18.7. The Morgan fingerprint density at radius 2 is 1.80 bits per heavy atom. The van der Waals surface area contributed by atoms with Crippen molar-refractivity contribution in [2.75, 3.05) is 19.8 Å². The van der Waals surface area contributed by atoms with Gasteiger partial charge in [0, 0.05) is 29.2 Å². The van der Waals surface area contributed by atoms with Gasteiger partial charge in [-0.1, -0.05) is 48.5 Å². The fraction of sp³-hybridized carbons (Fsp3) is 0.742. The molecule has 7 nitrogen and oxygen atoms in total. The first-order valence-electron chi connectivity index (χ1n) is 14.5. The van der Waals surface area contributed by atoms with E-state index in [4.69, 9.17) is 14.3 Å². The van der Waals surface area contributed by atoms with Crippen LogP contribution >= 0.6 is 11.3 Å². The van der Waals surface area contributed by atoms with E-state index >= 15 is 0 Å². The number of ether oxygens (including phenoxy) is 1. The molecule has 0 aromatic carbocycles. The Morgan fingerprint density at radius 1 is 1.20 bits per heavy atom. The van der Waals surface area contributed by atoms with Crippen LogP contribution in [0.1, 0.15) is 78.9 Å². The second-order valence-electron chi connectivity index (χ2n) is 13.3. The number of halogens is 1. The third-order valence-corrected chi connectivity index (χ3v) is 13.6. The molecule has 236 valence electrons. The maximum absolute atomic E-state index is 14.9. The molecule has 3 N–H and O–H groups in total. The SMILES string of the molecule is C/C(=C\c1csc(C)n1)C(C/C=C(/F)COC[C@H](C)[C@H](O)[C@@H](C)C(=O)C(C)(C)[C@@H](O)CCO)O[Si](C)(C)C(C)(C)C. The molecule has 0 bridgehead atoms. The van der Waals surface area contributed by atoms with Gasteiger partial charge < -0.3 is 24.5 Å². The number of carbonyl (C=O) groups is 1. The van der Waals surface area contributed by atoms with Crippen molar-refractivity contribution in [3.8, 4) is 0 Å². The van der Waals surface area contributed by atoms with Gasteiger partial charge in [0.15, 0.2) is 8.32 Å². The highest BCUT2D eigenvalue weighted by molar-refractivity contribution is 7.09. The van der Waals surface area contributed by atoms with E-state index in [1.165, 1.54) is 6.08 Å². The Hall–Kier alpha value is -1.27. The van der Waals surface area contributed by atoms with Crippen LogP contribution in [0.15, 0.2) is 22.9 Å². The van der Waals surface area contributed by atoms with E-state index < -0.39 is 43.6 Å². The summed E-state index contributed by atoms with van der Waals surface area (Å²) in [6.07, 6.45) is 1.57. The number of hydrogen-bond donors (Lipinski definition) is 3. The van der Waals surface area contributed by atoms with Crippen molar-refractivity contribution >= 4 is 31.5 Å². The second kappa shape index (κ2) is 16.0. The Kier molecular flexibility index (Phi) is 14.7. The summed E-state index contributed by atoms with van der Waals surface area (Å²) in [6.45, 7) is 21.0. The van der Waals surface area contributed by atoms with Crippen molar-refractivity contribution in [1.82, 2.24) is 4.98 Å². The normalized spacial score (nSPS) is 17.7. The molecule has 0 saturated carbocycles. The summed E-state index contributed by atoms with van der Waals surface area (Å²) in [6, 6.07) is 0. The van der Waals surface area contributed by atoms with Crippen molar-refractivity contribution < 1.29 is 33.7 Å². The fourth-order valence-electron chi connectivity index (χ4n) is 4.25. The third-order valence-electron chi connectivity index (χ3n) is 8.32. The Morgan fingerprint density at radius 3 is 2.32 bits per heavy atom. The number of carbonyl (C=O) groups excluding carboxylic acids is 1. The number of aliphatic hydroxyl groups excluding tert-OH is 3. The minimum Gasteiger partial charge on any atom is -0.410 e. The Bertz CT molecular complexity index is 1030. The lowest BCUT2D eigenvalue weighted by atomic mass is 9.73. The average Bonchev–Trinajstić information content (AvgIpc) is 3.28. The molecule has 0 aliphatic heterocycles. The summed E-state index contributed by atoms with van der Waals surface area (Å²) < 4.78 is 27.1. The number of hydrogen-bond acceptors (Lipinski definition) is 8. The summed E-state index contributed by atoms with van der Waals surface area (Å²) in [5.41, 5.74) is 0.729. The third kappa shape index (κ3) is 11.4. The van der Waals surface area contributed by atoms with E-state index in [1.54, 1.807) is 39.0 Å². The lowest BCUT2D eigenvalue weighted by molar-refractivity contribution is -0.142. The van der Waals surface area contributed by atoms with Crippen LogP contribution < -0.4 is 0 Å². The number of ketones is 1. The zero-order valence-electron chi connectivity index (χ0n) is 27.0. The summed E-state index contributed by atoms with van der Waals surface area (Å²) in [5.74, 6) is -1.92. The summed E-state index contributed by atoms with van der Waals surface area (Å²) in [4.78, 5) is 17.5. The predicted molar refractivity (Wildman–Crippen MR) is 168 cm³/mol. The molecule has 1 rings (SSSR count). The Balaban J connectivity index is 2.85. The van der Waals surface area contributed by atoms with Crippen molar-refractivity contribution in [3.05, 3.63) is 33.6 Å². The largest absolute Gasteiger partial charge is 0.410 e. The molecular weight excluding hydrogens is 561 g/mol. The fourth-order valence-corrected chi connectivity index (χ4v) is 6.17. The Labute approximate surface area is 252 Å². The molecule has 0 fully saturated rings. The molecule has 0 amide bonds. The highest BCUT2D eigenvalue weighted by atomic mass is 32.1. The molecule has 41 heavy (non-hydrogen) atoms. The number of Topliss-reactive ketones (excluding diaryl/α,β-unsaturated/α-hetero) is 1. The van der Waals surface area contributed by atoms with Crippen molar-refractivity contribution in [2.24, 2.45) is 17.3 Å². The molecule has 1 unspecified atom stereocenters. The molecule has 1 heterocycles. The van der Waals surface area contributed by atoms with Gasteiger partial charge in [-0.05, 0) is 62.5 Å². The van der Waals surface area contributed by atoms with Gasteiger partial charge >= 0.3 is 0 Å². The zero-order chi connectivity index (χ0) is 31.8. The minimum atomic E-state index is -2.14. The van der Waals surface area contributed by atoms with Crippen LogP contribution in [0.4, 0.5) is 4.39 Å². The van der Waals surface area contributed by atoms with Gasteiger partial charge in [-0.2, -0.15) is 0 Å². The molecule has 0 aliphatic carbocycles. The summed E-state index contributed by atoms with van der Waals surface area (Å²) >= 11 is 1.58. The van der Waals surface area contributed by atoms with Gasteiger partial charge in [0.2, 0.25) is 0 Å². The summed E-state index contributed by atoms with van der Waals surface area (Å²) in [5, 5.41) is 33.1. The second-order valence-corrected chi connectivity index (χ2v) is 19.1. The van der Waals surface area contributed by atoms with Crippen molar-refractivity contribution in [1.29, 1.82) is 0 Å². The molecule has 1 aromatic heterocycles. The smallest absolute Gasteiger partial charge is 0.192 e. The van der Waals surface area contributed by atoms with E-state index in [2.05, 4.69) is 38.8 Å². The van der Waals surface area contributed by atoms with Crippen molar-refractivity contribution in [2.45, 2.75) is 112 Å². The number of aryl methyl sites for hydroxylation is 1. The van der Waals surface area contributed by atoms with Crippen molar-refractivity contribution in [3.63, 3.8) is 0 Å². The van der Waals surface area contributed by atoms with E-state index in [9.17, 15) is 19.4 Å². The highest BCUT2D eigenvalue weighted by Crippen LogP contribution is 2.39. The minimum absolute atomic E-state index is 0.00422. The summed E-state index contributed by atoms with van der Waals surface area (Å²) in [7, 11) is -2.14. The van der Waals surface area contributed by atoms with E-state index in [0.717, 1.165) is 16.3 Å². The maximum atomic E-state index is 14.9. The number of nitrogens with zero attached hydrogens (tertiary/aromatic N) is 1. The van der Waals surface area contributed by atoms with Gasteiger partial charge in [-0.15, -0.1) is 11.3 Å². The monoisotopic (exact) mass is 615 g/mol. The number of aromatic nitrogens is 1. The van der Waals surface area contributed by atoms with E-state index in [0.29, 0.717) is 6.42 Å². The molecule has 10 heteroatoms. The van der Waals surface area contributed by atoms with Crippen LogP contribution in [0.5, 0.6) is 0 Å². The number of rotatable bonds is 17. The van der Waals surface area contributed by atoms with Gasteiger partial charge in [0.25, 0.3) is 0 Å². The van der Waals surface area contributed by atoms with Crippen LogP contribution in [0.3, 0.4) is 0 Å². The topological polar surface area (TPSA) is 109 Å². The molecule has 0 radical (unpaired) electrons. The van der Waals surface area contributed by atoms with E-state index in [-0.39, 0.29) is 43.2 Å². The van der Waals surface area contributed by atoms with Crippen LogP contribution in [0.25, 0.3) is 6.08 Å². The van der Waals surface area contributed by atoms with Crippen LogP contribution in [0.2, 0.25) is 18.1 Å². The highest BCUT2D eigenvalue weighted by Gasteiger charge is 2.41. The van der Waals surface area contributed by atoms with Gasteiger partial charge in [0.05, 0.1) is 42.2 Å². The molecule has 1 aromatic rings. The lowest BCUT2D eigenvalue weighted by Crippen LogP contribution is -2.45. The quantitative estimate of drug-likeness (QED) is 0.172. The van der Waals surface area contributed by atoms with Gasteiger partial charge in [0.1, 0.15) is 11.6 Å². The van der Waals surface area contributed by atoms with Crippen LogP contribution in [0, 0.1) is 24.2 Å². The average molecular weight is 616 g/mol. The molecular formula is C31H54FNO6SSi. The lowest BCUT2D eigenvalue weighted by Gasteiger charge is -2.39. The first-order valence-corrected chi connectivity index (χ1v) is 18.2. The molecule has 5 atom stereocenters. The first kappa shape index (κ1) is 37.8. The number of aliphatic hydroxyl groups is 3. The maximum Gasteiger partial charge on any atom is 0.192 e. The molecule has 0 aliphatic rings.